The van der Waals surface area contributed by atoms with Gasteiger partial charge in [0.15, 0.2) is 0 Å². The summed E-state index contributed by atoms with van der Waals surface area (Å²) in [6.45, 7) is 4.87. The van der Waals surface area contributed by atoms with Gasteiger partial charge in [-0.2, -0.15) is 0 Å². The summed E-state index contributed by atoms with van der Waals surface area (Å²) in [5.41, 5.74) is -0.114. The van der Waals surface area contributed by atoms with Crippen molar-refractivity contribution in [3.63, 3.8) is 0 Å². The van der Waals surface area contributed by atoms with Gasteiger partial charge in [0.25, 0.3) is 0 Å². The fourth-order valence-electron chi connectivity index (χ4n) is 3.05. The van der Waals surface area contributed by atoms with E-state index in [9.17, 15) is 5.11 Å². The lowest BCUT2D eigenvalue weighted by atomic mass is 9.79. The molecule has 2 rings (SSSR count). The highest BCUT2D eigenvalue weighted by molar-refractivity contribution is 4.92. The second kappa shape index (κ2) is 5.65. The van der Waals surface area contributed by atoms with E-state index in [1.54, 1.807) is 7.11 Å². The van der Waals surface area contributed by atoms with Crippen molar-refractivity contribution in [2.45, 2.75) is 37.9 Å². The molecule has 0 saturated carbocycles. The van der Waals surface area contributed by atoms with Gasteiger partial charge in [0, 0.05) is 32.7 Å². The van der Waals surface area contributed by atoms with Crippen molar-refractivity contribution in [3.8, 4) is 0 Å². The van der Waals surface area contributed by atoms with Gasteiger partial charge in [-0.05, 0) is 18.8 Å². The minimum atomic E-state index is -0.295. The van der Waals surface area contributed by atoms with Crippen molar-refractivity contribution in [1.82, 2.24) is 0 Å². The molecule has 2 fully saturated rings. The van der Waals surface area contributed by atoms with E-state index in [0.717, 1.165) is 32.5 Å². The summed E-state index contributed by atoms with van der Waals surface area (Å²) in [5, 5.41) is 10.3. The lowest BCUT2D eigenvalue weighted by Gasteiger charge is -2.40. The Labute approximate surface area is 103 Å². The van der Waals surface area contributed by atoms with Gasteiger partial charge in [0.05, 0.1) is 24.9 Å². The Bertz CT molecular complexity index is 238. The van der Waals surface area contributed by atoms with Crippen molar-refractivity contribution in [3.05, 3.63) is 0 Å². The first-order valence-electron chi connectivity index (χ1n) is 6.55. The van der Waals surface area contributed by atoms with Crippen LogP contribution < -0.4 is 0 Å². The van der Waals surface area contributed by atoms with Gasteiger partial charge in [-0.15, -0.1) is 0 Å². The maximum absolute atomic E-state index is 10.3. The van der Waals surface area contributed by atoms with E-state index in [1.165, 1.54) is 0 Å². The summed E-state index contributed by atoms with van der Waals surface area (Å²) in [4.78, 5) is 0. The number of methoxy groups -OCH3 is 1. The third-order valence-corrected chi connectivity index (χ3v) is 4.09. The lowest BCUT2D eigenvalue weighted by Crippen LogP contribution is -2.45. The third-order valence-electron chi connectivity index (χ3n) is 4.09. The molecule has 17 heavy (non-hydrogen) atoms. The molecule has 0 radical (unpaired) electrons. The number of ether oxygens (including phenoxy) is 3. The minimum Gasteiger partial charge on any atom is -0.392 e. The highest BCUT2D eigenvalue weighted by atomic mass is 16.6. The van der Waals surface area contributed by atoms with Crippen molar-refractivity contribution < 1.29 is 19.3 Å². The normalized spacial score (nSPS) is 37.2. The van der Waals surface area contributed by atoms with Gasteiger partial charge < -0.3 is 19.3 Å². The zero-order valence-corrected chi connectivity index (χ0v) is 10.9. The van der Waals surface area contributed by atoms with Gasteiger partial charge in [0.1, 0.15) is 0 Å². The molecule has 2 heterocycles. The van der Waals surface area contributed by atoms with Crippen molar-refractivity contribution in [2.24, 2.45) is 11.8 Å². The molecule has 4 unspecified atom stereocenters. The number of hydrogen-bond donors (Lipinski definition) is 1. The van der Waals surface area contributed by atoms with Crippen LogP contribution in [0.3, 0.4) is 0 Å². The second-order valence-corrected chi connectivity index (χ2v) is 5.51. The molecule has 0 aromatic carbocycles. The number of hydrogen-bond acceptors (Lipinski definition) is 4. The van der Waals surface area contributed by atoms with Crippen LogP contribution in [0.5, 0.6) is 0 Å². The minimum absolute atomic E-state index is 0.114. The molecule has 0 bridgehead atoms. The molecule has 0 amide bonds. The summed E-state index contributed by atoms with van der Waals surface area (Å²) in [7, 11) is 1.68. The summed E-state index contributed by atoms with van der Waals surface area (Å²) in [6, 6.07) is 0. The van der Waals surface area contributed by atoms with Crippen molar-refractivity contribution in [1.29, 1.82) is 0 Å². The van der Waals surface area contributed by atoms with Crippen LogP contribution in [0.4, 0.5) is 0 Å². The molecular formula is C13H24O4. The molecule has 1 N–H and O–H groups in total. The lowest BCUT2D eigenvalue weighted by molar-refractivity contribution is -0.125. The van der Waals surface area contributed by atoms with E-state index in [2.05, 4.69) is 0 Å². The topological polar surface area (TPSA) is 47.9 Å². The van der Waals surface area contributed by atoms with Gasteiger partial charge in [-0.1, -0.05) is 6.92 Å². The number of rotatable bonds is 4. The average molecular weight is 244 g/mol. The molecule has 4 nitrogen and oxygen atoms in total. The molecule has 0 aromatic heterocycles. The zero-order valence-electron chi connectivity index (χ0n) is 10.9. The summed E-state index contributed by atoms with van der Waals surface area (Å²) >= 11 is 0. The highest BCUT2D eigenvalue weighted by Gasteiger charge is 2.43. The SMILES string of the molecule is COCC(C)C(O)C1CCOC2(CCOC2)C1. The van der Waals surface area contributed by atoms with Crippen LogP contribution in [-0.2, 0) is 14.2 Å². The monoisotopic (exact) mass is 244 g/mol. The van der Waals surface area contributed by atoms with Crippen LogP contribution in [-0.4, -0.2) is 50.3 Å². The molecule has 4 heteroatoms. The summed E-state index contributed by atoms with van der Waals surface area (Å²) in [6.07, 6.45) is 2.53. The van der Waals surface area contributed by atoms with Gasteiger partial charge >= 0.3 is 0 Å². The smallest absolute Gasteiger partial charge is 0.0940 e. The molecular weight excluding hydrogens is 220 g/mol. The van der Waals surface area contributed by atoms with Crippen LogP contribution in [0.2, 0.25) is 0 Å². The fourth-order valence-corrected chi connectivity index (χ4v) is 3.05. The van der Waals surface area contributed by atoms with E-state index in [1.807, 2.05) is 6.92 Å². The first-order chi connectivity index (χ1) is 8.17. The predicted octanol–water partition coefficient (Wildman–Crippen LogP) is 1.22. The largest absolute Gasteiger partial charge is 0.392 e. The van der Waals surface area contributed by atoms with E-state index < -0.39 is 0 Å². The number of aliphatic hydroxyl groups excluding tert-OH is 1. The third kappa shape index (κ3) is 2.99. The molecule has 2 aliphatic heterocycles. The van der Waals surface area contributed by atoms with E-state index in [-0.39, 0.29) is 17.6 Å². The molecule has 100 valence electrons. The molecule has 4 atom stereocenters. The molecule has 0 aliphatic carbocycles. The summed E-state index contributed by atoms with van der Waals surface area (Å²) in [5.74, 6) is 0.498. The Kier molecular flexibility index (Phi) is 4.42. The quantitative estimate of drug-likeness (QED) is 0.807. The average Bonchev–Trinajstić information content (AvgIpc) is 2.76. The first-order valence-corrected chi connectivity index (χ1v) is 6.55. The Balaban J connectivity index is 1.92. The Morgan fingerprint density at radius 1 is 1.47 bits per heavy atom. The molecule has 0 aromatic rings. The van der Waals surface area contributed by atoms with Crippen molar-refractivity contribution >= 4 is 0 Å². The van der Waals surface area contributed by atoms with Gasteiger partial charge in [-0.3, -0.25) is 0 Å². The fraction of sp³-hybridized carbons (Fsp3) is 1.00. The van der Waals surface area contributed by atoms with Crippen LogP contribution >= 0.6 is 0 Å². The molecule has 2 aliphatic rings. The molecule has 2 saturated heterocycles. The van der Waals surface area contributed by atoms with E-state index in [4.69, 9.17) is 14.2 Å². The van der Waals surface area contributed by atoms with Gasteiger partial charge in [-0.25, -0.2) is 0 Å². The molecule has 1 spiro atoms. The van der Waals surface area contributed by atoms with Gasteiger partial charge in [0.2, 0.25) is 0 Å². The van der Waals surface area contributed by atoms with Crippen LogP contribution in [0, 0.1) is 11.8 Å². The Morgan fingerprint density at radius 2 is 2.29 bits per heavy atom. The Hall–Kier alpha value is -0.160. The standard InChI is InChI=1S/C13H24O4/c1-10(8-15-2)12(14)11-3-5-17-13(7-11)4-6-16-9-13/h10-12,14H,3-9H2,1-2H3. The predicted molar refractivity (Wildman–Crippen MR) is 63.9 cm³/mol. The van der Waals surface area contributed by atoms with E-state index >= 15 is 0 Å². The highest BCUT2D eigenvalue weighted by Crippen LogP contribution is 2.38. The Morgan fingerprint density at radius 3 is 2.94 bits per heavy atom. The second-order valence-electron chi connectivity index (χ2n) is 5.51. The maximum Gasteiger partial charge on any atom is 0.0940 e. The van der Waals surface area contributed by atoms with Crippen molar-refractivity contribution in [2.75, 3.05) is 33.5 Å². The zero-order chi connectivity index (χ0) is 12.3. The van der Waals surface area contributed by atoms with Crippen LogP contribution in [0.25, 0.3) is 0 Å². The summed E-state index contributed by atoms with van der Waals surface area (Å²) < 4.78 is 16.4. The first kappa shape index (κ1) is 13.3. The van der Waals surface area contributed by atoms with Crippen LogP contribution in [0.15, 0.2) is 0 Å². The maximum atomic E-state index is 10.3. The number of aliphatic hydroxyl groups is 1. The van der Waals surface area contributed by atoms with E-state index in [0.29, 0.717) is 19.1 Å². The van der Waals surface area contributed by atoms with Crippen LogP contribution in [0.1, 0.15) is 26.2 Å².